The van der Waals surface area contributed by atoms with Crippen molar-refractivity contribution < 1.29 is 0 Å². The Bertz CT molecular complexity index is 1160. The van der Waals surface area contributed by atoms with Crippen molar-refractivity contribution in [2.75, 3.05) is 0 Å². The number of hydrogen-bond donors (Lipinski definition) is 1. The van der Waals surface area contributed by atoms with Gasteiger partial charge in [0.25, 0.3) is 0 Å². The molecule has 3 aromatic heterocycles. The lowest BCUT2D eigenvalue weighted by Gasteiger charge is -2.09. The zero-order chi connectivity index (χ0) is 19.0. The van der Waals surface area contributed by atoms with Gasteiger partial charge in [-0.3, -0.25) is 9.67 Å². The molecule has 0 saturated heterocycles. The Morgan fingerprint density at radius 1 is 1.22 bits per heavy atom. The van der Waals surface area contributed by atoms with E-state index >= 15 is 0 Å². The van der Waals surface area contributed by atoms with Gasteiger partial charge in [-0.2, -0.15) is 5.10 Å². The van der Waals surface area contributed by atoms with Gasteiger partial charge in [-0.05, 0) is 37.8 Å². The maximum absolute atomic E-state index is 4.58. The van der Waals surface area contributed by atoms with E-state index in [9.17, 15) is 0 Å². The zero-order valence-corrected chi connectivity index (χ0v) is 15.7. The Morgan fingerprint density at radius 2 is 2.00 bits per heavy atom. The number of benzene rings is 1. The van der Waals surface area contributed by atoms with E-state index in [0.29, 0.717) is 0 Å². The first-order valence-corrected chi connectivity index (χ1v) is 8.82. The van der Waals surface area contributed by atoms with Gasteiger partial charge in [0, 0.05) is 29.8 Å². The van der Waals surface area contributed by atoms with Crippen LogP contribution in [0.25, 0.3) is 27.7 Å². The minimum atomic E-state index is 0.754. The molecule has 0 saturated carbocycles. The molecule has 0 aliphatic rings. The van der Waals surface area contributed by atoms with Crippen molar-refractivity contribution in [2.24, 2.45) is 12.0 Å². The molecular formula is C22H21N5. The molecular weight excluding hydrogens is 334 g/mol. The van der Waals surface area contributed by atoms with Crippen LogP contribution in [-0.4, -0.2) is 26.5 Å². The van der Waals surface area contributed by atoms with E-state index in [-0.39, 0.29) is 0 Å². The summed E-state index contributed by atoms with van der Waals surface area (Å²) in [6.45, 7) is 7.89. The Kier molecular flexibility index (Phi) is 4.20. The fourth-order valence-electron chi connectivity index (χ4n) is 3.37. The van der Waals surface area contributed by atoms with Gasteiger partial charge in [0.2, 0.25) is 0 Å². The summed E-state index contributed by atoms with van der Waals surface area (Å²) in [5.74, 6) is 0.754. The Hall–Kier alpha value is -3.47. The summed E-state index contributed by atoms with van der Waals surface area (Å²) in [4.78, 5) is 12.2. The van der Waals surface area contributed by atoms with E-state index in [0.717, 1.165) is 44.7 Å². The molecule has 27 heavy (non-hydrogen) atoms. The largest absolute Gasteiger partial charge is 0.338 e. The first kappa shape index (κ1) is 17.0. The van der Waals surface area contributed by atoms with Crippen LogP contribution in [0.1, 0.15) is 23.6 Å². The van der Waals surface area contributed by atoms with Crippen LogP contribution in [0.3, 0.4) is 0 Å². The highest BCUT2D eigenvalue weighted by molar-refractivity contribution is 6.02. The number of aromatic amines is 1. The third-order valence-electron chi connectivity index (χ3n) is 4.74. The number of fused-ring (bicyclic) bond motifs is 1. The summed E-state index contributed by atoms with van der Waals surface area (Å²) in [6.07, 6.45) is 7.75. The third kappa shape index (κ3) is 2.97. The number of H-pyrrole nitrogens is 1. The predicted molar refractivity (Wildman–Crippen MR) is 111 cm³/mol. The predicted octanol–water partition coefficient (Wildman–Crippen LogP) is 5.06. The second-order valence-electron chi connectivity index (χ2n) is 6.59. The van der Waals surface area contributed by atoms with Crippen molar-refractivity contribution in [1.82, 2.24) is 19.7 Å². The van der Waals surface area contributed by atoms with E-state index in [4.69, 9.17) is 0 Å². The molecule has 0 atom stereocenters. The lowest BCUT2D eigenvalue weighted by atomic mass is 9.95. The maximum atomic E-state index is 4.58. The molecule has 0 amide bonds. The Morgan fingerprint density at radius 3 is 2.63 bits per heavy atom. The lowest BCUT2D eigenvalue weighted by Crippen LogP contribution is -1.89. The van der Waals surface area contributed by atoms with Gasteiger partial charge < -0.3 is 4.98 Å². The minimum Gasteiger partial charge on any atom is -0.338 e. The summed E-state index contributed by atoms with van der Waals surface area (Å²) >= 11 is 0. The molecule has 0 aliphatic carbocycles. The number of pyridine rings is 1. The smallest absolute Gasteiger partial charge is 0.138 e. The molecule has 3 heterocycles. The molecule has 5 nitrogen and oxygen atoms in total. The summed E-state index contributed by atoms with van der Waals surface area (Å²) in [6, 6.07) is 10.6. The summed E-state index contributed by atoms with van der Waals surface area (Å²) in [5, 5.41) is 5.32. The van der Waals surface area contributed by atoms with E-state index in [1.54, 1.807) is 4.68 Å². The van der Waals surface area contributed by atoms with Gasteiger partial charge in [-0.15, -0.1) is 0 Å². The highest BCUT2D eigenvalue weighted by Gasteiger charge is 2.17. The van der Waals surface area contributed by atoms with Crippen molar-refractivity contribution in [3.05, 3.63) is 71.7 Å². The molecule has 5 heteroatoms. The average molecular weight is 355 g/mol. The molecule has 1 N–H and O–H groups in total. The van der Waals surface area contributed by atoms with E-state index < -0.39 is 0 Å². The first-order valence-electron chi connectivity index (χ1n) is 8.82. The first-order chi connectivity index (χ1) is 13.1. The number of aryl methyl sites for hydroxylation is 2. The van der Waals surface area contributed by atoms with Gasteiger partial charge in [-0.25, -0.2) is 4.99 Å². The summed E-state index contributed by atoms with van der Waals surface area (Å²) in [5.41, 5.74) is 7.34. The van der Waals surface area contributed by atoms with Crippen LogP contribution in [-0.2, 0) is 7.05 Å². The number of allylic oxidation sites excluding steroid dienone is 1. The monoisotopic (exact) mass is 355 g/mol. The fourth-order valence-corrected chi connectivity index (χ4v) is 3.37. The molecule has 4 aromatic rings. The van der Waals surface area contributed by atoms with E-state index in [1.807, 2.05) is 32.6 Å². The number of aliphatic imine (C=N–C) groups is 1. The van der Waals surface area contributed by atoms with Crippen LogP contribution in [0.4, 0.5) is 5.82 Å². The second-order valence-corrected chi connectivity index (χ2v) is 6.59. The van der Waals surface area contributed by atoms with Crippen LogP contribution in [0.2, 0.25) is 0 Å². The van der Waals surface area contributed by atoms with Gasteiger partial charge in [-0.1, -0.05) is 35.9 Å². The molecule has 1 aromatic carbocycles. The molecule has 0 bridgehead atoms. The minimum absolute atomic E-state index is 0.754. The SMILES string of the molecule is C=Nc1[nH]c2cnc(-c3cnn(C)c3)cc2c1/C(=C\C)c1ccc(C)cc1. The molecule has 0 fully saturated rings. The molecule has 134 valence electrons. The van der Waals surface area contributed by atoms with Crippen molar-refractivity contribution in [1.29, 1.82) is 0 Å². The summed E-state index contributed by atoms with van der Waals surface area (Å²) < 4.78 is 1.78. The van der Waals surface area contributed by atoms with Gasteiger partial charge in [0.05, 0.1) is 23.6 Å². The summed E-state index contributed by atoms with van der Waals surface area (Å²) in [7, 11) is 1.90. The highest BCUT2D eigenvalue weighted by atomic mass is 15.2. The Balaban J connectivity index is 1.94. The van der Waals surface area contributed by atoms with Crippen molar-refractivity contribution in [3.8, 4) is 11.3 Å². The average Bonchev–Trinajstić information content (AvgIpc) is 3.27. The van der Waals surface area contributed by atoms with Gasteiger partial charge in [0.15, 0.2) is 0 Å². The third-order valence-corrected chi connectivity index (χ3v) is 4.74. The van der Waals surface area contributed by atoms with Crippen LogP contribution in [0.15, 0.2) is 60.0 Å². The van der Waals surface area contributed by atoms with Crippen molar-refractivity contribution in [2.45, 2.75) is 13.8 Å². The normalized spacial score (nSPS) is 11.9. The van der Waals surface area contributed by atoms with E-state index in [1.165, 1.54) is 5.56 Å². The highest BCUT2D eigenvalue weighted by Crippen LogP contribution is 2.38. The van der Waals surface area contributed by atoms with Crippen LogP contribution in [0, 0.1) is 6.92 Å². The molecule has 0 unspecified atom stereocenters. The quantitative estimate of drug-likeness (QED) is 0.520. The lowest BCUT2D eigenvalue weighted by molar-refractivity contribution is 0.768. The van der Waals surface area contributed by atoms with Crippen molar-refractivity contribution in [3.63, 3.8) is 0 Å². The van der Waals surface area contributed by atoms with Gasteiger partial charge in [0.1, 0.15) is 5.82 Å². The molecule has 4 rings (SSSR count). The van der Waals surface area contributed by atoms with Crippen LogP contribution >= 0.6 is 0 Å². The fraction of sp³-hybridized carbons (Fsp3) is 0.136. The number of rotatable bonds is 4. The molecule has 0 aliphatic heterocycles. The van der Waals surface area contributed by atoms with Crippen LogP contribution < -0.4 is 0 Å². The number of nitrogens with one attached hydrogen (secondary N) is 1. The molecule has 0 spiro atoms. The van der Waals surface area contributed by atoms with E-state index in [2.05, 4.69) is 70.1 Å². The Labute approximate surface area is 158 Å². The van der Waals surface area contributed by atoms with Gasteiger partial charge >= 0.3 is 0 Å². The molecule has 0 radical (unpaired) electrons. The second kappa shape index (κ2) is 6.68. The standard InChI is InChI=1S/C22H21N5/c1-5-17(15-8-6-14(2)7-9-15)21-18-10-19(16-11-25-27(4)13-16)24-12-20(18)26-22(21)23-3/h5-13,26H,3H2,1-2,4H3/b17-5-. The topological polar surface area (TPSA) is 58.9 Å². The number of nitrogens with zero attached hydrogens (tertiary/aromatic N) is 4. The maximum Gasteiger partial charge on any atom is 0.138 e. The van der Waals surface area contributed by atoms with Crippen molar-refractivity contribution >= 4 is 29.0 Å². The van der Waals surface area contributed by atoms with Crippen LogP contribution in [0.5, 0.6) is 0 Å². The zero-order valence-electron chi connectivity index (χ0n) is 15.7. The number of aromatic nitrogens is 4. The number of hydrogen-bond acceptors (Lipinski definition) is 3.